The standard InChI is InChI=1S/C11H17N3O2S/c15-10(5-8-1-3-12-4-2-8)13-6-9-7-17-11(16)14-9/h7-8,12H,1-6H2,(H,13,15)(H,14,16). The lowest BCUT2D eigenvalue weighted by atomic mass is 9.94. The highest BCUT2D eigenvalue weighted by atomic mass is 32.1. The number of aromatic amines is 1. The molecule has 0 atom stereocenters. The molecule has 1 aliphatic heterocycles. The zero-order chi connectivity index (χ0) is 12.1. The maximum atomic E-state index is 11.7. The van der Waals surface area contributed by atoms with E-state index in [1.807, 2.05) is 0 Å². The lowest BCUT2D eigenvalue weighted by Crippen LogP contribution is -2.32. The van der Waals surface area contributed by atoms with Gasteiger partial charge >= 0.3 is 4.87 Å². The van der Waals surface area contributed by atoms with E-state index < -0.39 is 0 Å². The first kappa shape index (κ1) is 12.3. The lowest BCUT2D eigenvalue weighted by molar-refractivity contribution is -0.122. The molecule has 1 fully saturated rings. The van der Waals surface area contributed by atoms with Crippen LogP contribution in [0.4, 0.5) is 0 Å². The molecule has 6 heteroatoms. The van der Waals surface area contributed by atoms with Gasteiger partial charge in [-0.05, 0) is 31.8 Å². The molecule has 0 radical (unpaired) electrons. The van der Waals surface area contributed by atoms with Crippen molar-refractivity contribution in [2.75, 3.05) is 13.1 Å². The number of H-pyrrole nitrogens is 1. The molecule has 0 aliphatic carbocycles. The van der Waals surface area contributed by atoms with Gasteiger partial charge in [-0.25, -0.2) is 0 Å². The lowest BCUT2D eigenvalue weighted by Gasteiger charge is -2.21. The third-order valence-corrected chi connectivity index (χ3v) is 3.70. The molecule has 0 spiro atoms. The van der Waals surface area contributed by atoms with Crippen molar-refractivity contribution in [1.82, 2.24) is 15.6 Å². The van der Waals surface area contributed by atoms with Gasteiger partial charge in [0.05, 0.1) is 6.54 Å². The van der Waals surface area contributed by atoms with Crippen LogP contribution in [0.25, 0.3) is 0 Å². The van der Waals surface area contributed by atoms with Gasteiger partial charge in [-0.15, -0.1) is 0 Å². The molecule has 1 saturated heterocycles. The topological polar surface area (TPSA) is 74.0 Å². The van der Waals surface area contributed by atoms with Crippen molar-refractivity contribution in [2.24, 2.45) is 5.92 Å². The fourth-order valence-electron chi connectivity index (χ4n) is 2.01. The van der Waals surface area contributed by atoms with E-state index in [0.717, 1.165) is 43.0 Å². The average molecular weight is 255 g/mol. The Morgan fingerprint density at radius 1 is 1.47 bits per heavy atom. The van der Waals surface area contributed by atoms with Crippen LogP contribution in [0.5, 0.6) is 0 Å². The zero-order valence-corrected chi connectivity index (χ0v) is 10.4. The highest BCUT2D eigenvalue weighted by Crippen LogP contribution is 2.15. The van der Waals surface area contributed by atoms with E-state index in [4.69, 9.17) is 0 Å². The van der Waals surface area contributed by atoms with Gasteiger partial charge in [0.1, 0.15) is 0 Å². The van der Waals surface area contributed by atoms with Crippen LogP contribution < -0.4 is 15.5 Å². The SMILES string of the molecule is O=C(CC1CCNCC1)NCc1csc(=O)[nH]1. The molecule has 3 N–H and O–H groups in total. The number of thiazole rings is 1. The summed E-state index contributed by atoms with van der Waals surface area (Å²) in [6.45, 7) is 2.44. The second kappa shape index (κ2) is 5.97. The predicted molar refractivity (Wildman–Crippen MR) is 67.0 cm³/mol. The summed E-state index contributed by atoms with van der Waals surface area (Å²) in [6, 6.07) is 0. The zero-order valence-electron chi connectivity index (χ0n) is 9.62. The summed E-state index contributed by atoms with van der Waals surface area (Å²) in [4.78, 5) is 25.2. The number of nitrogens with one attached hydrogen (secondary N) is 3. The fraction of sp³-hybridized carbons (Fsp3) is 0.636. The van der Waals surface area contributed by atoms with E-state index in [1.54, 1.807) is 5.38 Å². The number of hydrogen-bond donors (Lipinski definition) is 3. The number of carbonyl (C=O) groups is 1. The molecular weight excluding hydrogens is 238 g/mol. The van der Waals surface area contributed by atoms with Gasteiger partial charge in [-0.3, -0.25) is 9.59 Å². The first-order valence-electron chi connectivity index (χ1n) is 5.88. The Morgan fingerprint density at radius 3 is 2.88 bits per heavy atom. The number of carbonyl (C=O) groups excluding carboxylic acids is 1. The van der Waals surface area contributed by atoms with Crippen LogP contribution in [-0.2, 0) is 11.3 Å². The van der Waals surface area contributed by atoms with Crippen molar-refractivity contribution in [1.29, 1.82) is 0 Å². The molecule has 5 nitrogen and oxygen atoms in total. The van der Waals surface area contributed by atoms with Gasteiger partial charge in [-0.1, -0.05) is 11.3 Å². The Hall–Kier alpha value is -1.14. The minimum absolute atomic E-state index is 0.0731. The highest BCUT2D eigenvalue weighted by molar-refractivity contribution is 7.07. The molecule has 1 aromatic rings. The van der Waals surface area contributed by atoms with E-state index in [1.165, 1.54) is 0 Å². The van der Waals surface area contributed by atoms with Crippen molar-refractivity contribution in [3.63, 3.8) is 0 Å². The molecule has 17 heavy (non-hydrogen) atoms. The van der Waals surface area contributed by atoms with Crippen LogP contribution in [0, 0.1) is 5.92 Å². The monoisotopic (exact) mass is 255 g/mol. The Bertz CT molecular complexity index is 420. The van der Waals surface area contributed by atoms with Crippen molar-refractivity contribution in [3.05, 3.63) is 20.7 Å². The summed E-state index contributed by atoms with van der Waals surface area (Å²) in [5.74, 6) is 0.571. The molecule has 2 rings (SSSR count). The Labute approximate surface area is 104 Å². The van der Waals surface area contributed by atoms with Crippen LogP contribution in [-0.4, -0.2) is 24.0 Å². The van der Waals surface area contributed by atoms with E-state index >= 15 is 0 Å². The molecule has 1 aliphatic rings. The largest absolute Gasteiger partial charge is 0.350 e. The molecular formula is C11H17N3O2S. The molecule has 0 bridgehead atoms. The smallest absolute Gasteiger partial charge is 0.304 e. The fourth-order valence-corrected chi connectivity index (χ4v) is 2.60. The minimum Gasteiger partial charge on any atom is -0.350 e. The molecule has 0 unspecified atom stereocenters. The molecule has 0 saturated carbocycles. The maximum Gasteiger partial charge on any atom is 0.304 e. The Balaban J connectivity index is 1.71. The highest BCUT2D eigenvalue weighted by Gasteiger charge is 2.16. The van der Waals surface area contributed by atoms with E-state index in [0.29, 0.717) is 18.9 Å². The van der Waals surface area contributed by atoms with E-state index in [9.17, 15) is 9.59 Å². The first-order valence-corrected chi connectivity index (χ1v) is 6.76. The van der Waals surface area contributed by atoms with Gasteiger partial charge in [-0.2, -0.15) is 0 Å². The van der Waals surface area contributed by atoms with Crippen molar-refractivity contribution < 1.29 is 4.79 Å². The number of rotatable bonds is 4. The number of amides is 1. The minimum atomic E-state index is -0.0763. The van der Waals surface area contributed by atoms with Gasteiger partial charge in [0.15, 0.2) is 0 Å². The second-order valence-electron chi connectivity index (χ2n) is 4.35. The van der Waals surface area contributed by atoms with Crippen molar-refractivity contribution in [2.45, 2.75) is 25.8 Å². The van der Waals surface area contributed by atoms with Crippen LogP contribution in [0.3, 0.4) is 0 Å². The van der Waals surface area contributed by atoms with Gasteiger partial charge < -0.3 is 15.6 Å². The quantitative estimate of drug-likeness (QED) is 0.731. The van der Waals surface area contributed by atoms with Crippen LogP contribution in [0.15, 0.2) is 10.2 Å². The third-order valence-electron chi connectivity index (χ3n) is 2.98. The van der Waals surface area contributed by atoms with Crippen molar-refractivity contribution >= 4 is 17.2 Å². The van der Waals surface area contributed by atoms with Gasteiger partial charge in [0.2, 0.25) is 5.91 Å². The summed E-state index contributed by atoms with van der Waals surface area (Å²) in [6.07, 6.45) is 2.74. The van der Waals surface area contributed by atoms with Crippen LogP contribution in [0.1, 0.15) is 25.0 Å². The molecule has 1 aromatic heterocycles. The summed E-state index contributed by atoms with van der Waals surface area (Å²) < 4.78 is 0. The van der Waals surface area contributed by atoms with E-state index in [2.05, 4.69) is 15.6 Å². The third kappa shape index (κ3) is 3.98. The summed E-state index contributed by atoms with van der Waals surface area (Å²) >= 11 is 1.12. The summed E-state index contributed by atoms with van der Waals surface area (Å²) in [5, 5.41) is 7.86. The predicted octanol–water partition coefficient (Wildman–Crippen LogP) is 0.442. The molecule has 1 amide bonds. The van der Waals surface area contributed by atoms with Gasteiger partial charge in [0.25, 0.3) is 0 Å². The molecule has 2 heterocycles. The van der Waals surface area contributed by atoms with Gasteiger partial charge in [0, 0.05) is 17.5 Å². The second-order valence-corrected chi connectivity index (χ2v) is 5.19. The number of hydrogen-bond acceptors (Lipinski definition) is 4. The maximum absolute atomic E-state index is 11.7. The average Bonchev–Trinajstić information content (AvgIpc) is 2.74. The first-order chi connectivity index (χ1) is 8.24. The molecule has 0 aromatic carbocycles. The number of aromatic nitrogens is 1. The van der Waals surface area contributed by atoms with E-state index in [-0.39, 0.29) is 10.8 Å². The Morgan fingerprint density at radius 2 is 2.24 bits per heavy atom. The normalized spacial score (nSPS) is 16.9. The molecule has 94 valence electrons. The van der Waals surface area contributed by atoms with Crippen LogP contribution in [0.2, 0.25) is 0 Å². The summed E-state index contributed by atoms with van der Waals surface area (Å²) in [7, 11) is 0. The number of piperidine rings is 1. The summed E-state index contributed by atoms with van der Waals surface area (Å²) in [5.41, 5.74) is 0.777. The Kier molecular flexibility index (Phi) is 4.33. The van der Waals surface area contributed by atoms with Crippen LogP contribution >= 0.6 is 11.3 Å². The van der Waals surface area contributed by atoms with Crippen molar-refractivity contribution in [3.8, 4) is 0 Å².